The zero-order valence-corrected chi connectivity index (χ0v) is 11.0. The van der Waals surface area contributed by atoms with Gasteiger partial charge >= 0.3 is 0 Å². The lowest BCUT2D eigenvalue weighted by atomic mass is 10.1. The van der Waals surface area contributed by atoms with Crippen LogP contribution in [-0.2, 0) is 4.74 Å². The molecule has 0 spiro atoms. The Morgan fingerprint density at radius 3 is 2.41 bits per heavy atom. The Hall–Kier alpha value is -0.930. The number of rotatable bonds is 3. The van der Waals surface area contributed by atoms with E-state index in [9.17, 15) is 0 Å². The molecule has 17 heavy (non-hydrogen) atoms. The van der Waals surface area contributed by atoms with Gasteiger partial charge in [-0.3, -0.25) is 9.88 Å². The molecular weight excluding hydrogens is 212 g/mol. The molecule has 0 aromatic carbocycles. The van der Waals surface area contributed by atoms with Crippen molar-refractivity contribution in [1.82, 2.24) is 9.88 Å². The fourth-order valence-corrected chi connectivity index (χ4v) is 2.18. The summed E-state index contributed by atoms with van der Waals surface area (Å²) in [5.41, 5.74) is 2.47. The molecule has 1 atom stereocenters. The van der Waals surface area contributed by atoms with E-state index in [0.717, 1.165) is 26.3 Å². The van der Waals surface area contributed by atoms with E-state index in [2.05, 4.69) is 42.8 Å². The zero-order valence-electron chi connectivity index (χ0n) is 11.0. The number of nitrogens with zero attached hydrogens (tertiary/aromatic N) is 2. The molecule has 2 rings (SSSR count). The smallest absolute Gasteiger partial charge is 0.0594 e. The molecule has 3 nitrogen and oxygen atoms in total. The van der Waals surface area contributed by atoms with Crippen LogP contribution < -0.4 is 0 Å². The van der Waals surface area contributed by atoms with Crippen LogP contribution in [0.3, 0.4) is 0 Å². The molecule has 1 aromatic rings. The van der Waals surface area contributed by atoms with Crippen molar-refractivity contribution in [1.29, 1.82) is 0 Å². The highest BCUT2D eigenvalue weighted by Crippen LogP contribution is 2.21. The lowest BCUT2D eigenvalue weighted by Gasteiger charge is -2.32. The van der Waals surface area contributed by atoms with Crippen molar-refractivity contribution in [3.8, 4) is 0 Å². The molecule has 1 saturated heterocycles. The minimum atomic E-state index is 0.438. The van der Waals surface area contributed by atoms with Gasteiger partial charge in [-0.05, 0) is 24.5 Å². The predicted octanol–water partition coefficient (Wildman–Crippen LogP) is 2.60. The molecule has 1 aromatic heterocycles. The molecule has 0 aliphatic carbocycles. The van der Waals surface area contributed by atoms with Crippen LogP contribution in [0.15, 0.2) is 18.3 Å². The van der Waals surface area contributed by atoms with Gasteiger partial charge in [0.2, 0.25) is 0 Å². The van der Waals surface area contributed by atoms with Gasteiger partial charge in [-0.25, -0.2) is 0 Å². The van der Waals surface area contributed by atoms with E-state index in [4.69, 9.17) is 4.74 Å². The second kappa shape index (κ2) is 5.61. The minimum absolute atomic E-state index is 0.438. The predicted molar refractivity (Wildman–Crippen MR) is 69.1 cm³/mol. The maximum atomic E-state index is 5.38. The summed E-state index contributed by atoms with van der Waals surface area (Å²) in [5, 5.41) is 0. The third-order valence-corrected chi connectivity index (χ3v) is 3.48. The van der Waals surface area contributed by atoms with Gasteiger partial charge in [0.05, 0.1) is 13.2 Å². The second-order valence-electron chi connectivity index (χ2n) is 5.00. The Morgan fingerprint density at radius 1 is 1.18 bits per heavy atom. The fraction of sp³-hybridized carbons (Fsp3) is 0.643. The highest BCUT2D eigenvalue weighted by molar-refractivity contribution is 5.19. The van der Waals surface area contributed by atoms with Gasteiger partial charge in [-0.15, -0.1) is 0 Å². The van der Waals surface area contributed by atoms with Crippen LogP contribution in [0.25, 0.3) is 0 Å². The summed E-state index contributed by atoms with van der Waals surface area (Å²) in [6, 6.07) is 4.80. The highest BCUT2D eigenvalue weighted by Gasteiger charge is 2.18. The van der Waals surface area contributed by atoms with Gasteiger partial charge < -0.3 is 4.74 Å². The van der Waals surface area contributed by atoms with Crippen molar-refractivity contribution >= 4 is 0 Å². The monoisotopic (exact) mass is 234 g/mol. The lowest BCUT2D eigenvalue weighted by Crippen LogP contribution is -2.38. The minimum Gasteiger partial charge on any atom is -0.379 e. The number of hydrogen-bond acceptors (Lipinski definition) is 3. The molecular formula is C14H22N2O. The van der Waals surface area contributed by atoms with Crippen LogP contribution >= 0.6 is 0 Å². The summed E-state index contributed by atoms with van der Waals surface area (Å²) in [7, 11) is 0. The molecule has 1 aliphatic heterocycles. The maximum absolute atomic E-state index is 5.38. The number of pyridine rings is 1. The Labute approximate surface area is 104 Å². The first-order chi connectivity index (χ1) is 8.18. The van der Waals surface area contributed by atoms with Crippen LogP contribution in [0.5, 0.6) is 0 Å². The Balaban J connectivity index is 2.05. The third kappa shape index (κ3) is 3.05. The topological polar surface area (TPSA) is 25.4 Å². The molecule has 0 N–H and O–H groups in total. The van der Waals surface area contributed by atoms with E-state index in [1.165, 1.54) is 11.3 Å². The van der Waals surface area contributed by atoms with Gasteiger partial charge in [0, 0.05) is 31.0 Å². The Kier molecular flexibility index (Phi) is 4.13. The van der Waals surface area contributed by atoms with E-state index in [0.29, 0.717) is 12.0 Å². The van der Waals surface area contributed by atoms with Crippen molar-refractivity contribution in [3.63, 3.8) is 0 Å². The molecule has 3 heteroatoms. The summed E-state index contributed by atoms with van der Waals surface area (Å²) in [5.74, 6) is 0.503. The van der Waals surface area contributed by atoms with Crippen molar-refractivity contribution in [2.45, 2.75) is 32.7 Å². The molecule has 94 valence electrons. The molecule has 0 bridgehead atoms. The highest BCUT2D eigenvalue weighted by atomic mass is 16.5. The zero-order chi connectivity index (χ0) is 12.3. The number of aromatic nitrogens is 1. The summed E-state index contributed by atoms with van der Waals surface area (Å²) >= 11 is 0. The molecule has 2 heterocycles. The summed E-state index contributed by atoms with van der Waals surface area (Å²) in [4.78, 5) is 6.99. The van der Waals surface area contributed by atoms with E-state index in [-0.39, 0.29) is 0 Å². The molecule has 0 saturated carbocycles. The Morgan fingerprint density at radius 2 is 1.88 bits per heavy atom. The molecule has 1 unspecified atom stereocenters. The number of morpholine rings is 1. The van der Waals surface area contributed by atoms with Crippen molar-refractivity contribution in [2.75, 3.05) is 26.3 Å². The van der Waals surface area contributed by atoms with Gasteiger partial charge in [-0.2, -0.15) is 0 Å². The third-order valence-electron chi connectivity index (χ3n) is 3.48. The number of hydrogen-bond donors (Lipinski definition) is 0. The van der Waals surface area contributed by atoms with Crippen LogP contribution in [0.1, 0.15) is 44.0 Å². The molecule has 1 aliphatic rings. The summed E-state index contributed by atoms with van der Waals surface area (Å²) in [6.07, 6.45) is 2.02. The average molecular weight is 234 g/mol. The first kappa shape index (κ1) is 12.5. The van der Waals surface area contributed by atoms with Crippen LogP contribution in [0.2, 0.25) is 0 Å². The largest absolute Gasteiger partial charge is 0.379 e. The molecule has 1 fully saturated rings. The van der Waals surface area contributed by atoms with Crippen molar-refractivity contribution in [2.24, 2.45) is 0 Å². The van der Waals surface area contributed by atoms with E-state index in [1.807, 2.05) is 6.20 Å². The van der Waals surface area contributed by atoms with Gasteiger partial charge in [0.15, 0.2) is 0 Å². The van der Waals surface area contributed by atoms with Crippen molar-refractivity contribution < 1.29 is 4.74 Å². The van der Waals surface area contributed by atoms with Crippen LogP contribution in [-0.4, -0.2) is 36.2 Å². The normalized spacial score (nSPS) is 19.5. The van der Waals surface area contributed by atoms with Crippen LogP contribution in [0, 0.1) is 0 Å². The SMILES string of the molecule is CC(C)c1ccc(C(C)N2CCOCC2)cn1. The second-order valence-corrected chi connectivity index (χ2v) is 5.00. The quantitative estimate of drug-likeness (QED) is 0.804. The maximum Gasteiger partial charge on any atom is 0.0594 e. The van der Waals surface area contributed by atoms with E-state index >= 15 is 0 Å². The van der Waals surface area contributed by atoms with Gasteiger partial charge in [0.25, 0.3) is 0 Å². The lowest BCUT2D eigenvalue weighted by molar-refractivity contribution is 0.0198. The first-order valence-corrected chi connectivity index (χ1v) is 6.46. The summed E-state index contributed by atoms with van der Waals surface area (Å²) in [6.45, 7) is 10.3. The standard InChI is InChI=1S/C14H22N2O/c1-11(2)14-5-4-13(10-15-14)12(3)16-6-8-17-9-7-16/h4-5,10-12H,6-9H2,1-3H3. The summed E-state index contributed by atoms with van der Waals surface area (Å²) < 4.78 is 5.38. The fourth-order valence-electron chi connectivity index (χ4n) is 2.18. The molecule has 0 amide bonds. The van der Waals surface area contributed by atoms with Gasteiger partial charge in [0.1, 0.15) is 0 Å². The first-order valence-electron chi connectivity index (χ1n) is 6.46. The Bertz CT molecular complexity index is 342. The number of ether oxygens (including phenoxy) is 1. The van der Waals surface area contributed by atoms with Crippen molar-refractivity contribution in [3.05, 3.63) is 29.6 Å². The average Bonchev–Trinajstić information content (AvgIpc) is 2.39. The van der Waals surface area contributed by atoms with E-state index < -0.39 is 0 Å². The van der Waals surface area contributed by atoms with E-state index in [1.54, 1.807) is 0 Å². The van der Waals surface area contributed by atoms with Crippen LogP contribution in [0.4, 0.5) is 0 Å². The molecule has 0 radical (unpaired) electrons. The van der Waals surface area contributed by atoms with Gasteiger partial charge in [-0.1, -0.05) is 19.9 Å².